The van der Waals surface area contributed by atoms with Crippen LogP contribution in [0.2, 0.25) is 0 Å². The van der Waals surface area contributed by atoms with Gasteiger partial charge < -0.3 is 27.4 Å². The highest BCUT2D eigenvalue weighted by atomic mass is 19.1. The number of halogens is 1. The van der Waals surface area contributed by atoms with Crippen molar-refractivity contribution >= 4 is 40.6 Å². The molecule has 0 spiro atoms. The molecule has 0 bridgehead atoms. The van der Waals surface area contributed by atoms with E-state index < -0.39 is 28.5 Å². The van der Waals surface area contributed by atoms with Crippen molar-refractivity contribution in [2.45, 2.75) is 25.4 Å². The molecule has 17 nitrogen and oxygen atoms in total. The second kappa shape index (κ2) is 10.8. The minimum atomic E-state index is -0.851. The number of nitrogens with zero attached hydrogens (tertiary/aromatic N) is 7. The number of rotatable bonds is 8. The first-order chi connectivity index (χ1) is 22.2. The Morgan fingerprint density at radius 2 is 1.89 bits per heavy atom. The smallest absolute Gasteiger partial charge is 0.270 e. The number of benzene rings is 2. The summed E-state index contributed by atoms with van der Waals surface area (Å²) in [5.41, 5.74) is 12.1. The first-order valence-electron chi connectivity index (χ1n) is 13.8. The number of carbonyl (C=O) groups is 2. The third-order valence-electron chi connectivity index (χ3n) is 7.61. The Morgan fingerprint density at radius 1 is 1.04 bits per heavy atom. The number of carbonyl (C=O) groups excluding carboxylic acids is 2. The predicted octanol–water partition coefficient (Wildman–Crippen LogP) is 0.295. The second-order valence-electron chi connectivity index (χ2n) is 10.5. The molecule has 3 heterocycles. The van der Waals surface area contributed by atoms with Crippen molar-refractivity contribution in [2.75, 3.05) is 16.8 Å². The summed E-state index contributed by atoms with van der Waals surface area (Å²) < 4.78 is 15.5. The van der Waals surface area contributed by atoms with Crippen molar-refractivity contribution in [3.63, 3.8) is 0 Å². The van der Waals surface area contributed by atoms with E-state index in [1.807, 2.05) is 18.2 Å². The summed E-state index contributed by atoms with van der Waals surface area (Å²) in [5, 5.41) is 26.2. The number of hydrogen-bond donors (Lipinski definition) is 6. The first kappa shape index (κ1) is 28.2. The van der Waals surface area contributed by atoms with Gasteiger partial charge in [0.15, 0.2) is 0 Å². The number of amides is 2. The molecule has 1 aliphatic carbocycles. The van der Waals surface area contributed by atoms with E-state index in [0.717, 1.165) is 27.3 Å². The summed E-state index contributed by atoms with van der Waals surface area (Å²) in [6.07, 6.45) is 1.36. The Kier molecular flexibility index (Phi) is 6.65. The summed E-state index contributed by atoms with van der Waals surface area (Å²) in [7, 11) is 0. The number of aromatic nitrogens is 8. The molecule has 0 radical (unpaired) electrons. The fourth-order valence-electron chi connectivity index (χ4n) is 5.30. The number of tetrazole rings is 1. The normalized spacial score (nSPS) is 14.0. The van der Waals surface area contributed by atoms with Gasteiger partial charge in [-0.05, 0) is 52.9 Å². The lowest BCUT2D eigenvalue weighted by Crippen LogP contribution is -2.36. The van der Waals surface area contributed by atoms with Gasteiger partial charge in [0.1, 0.15) is 28.6 Å². The highest BCUT2D eigenvalue weighted by Crippen LogP contribution is 2.33. The maximum Gasteiger partial charge on any atom is 0.270 e. The number of nitrogen functional groups attached to an aromatic ring is 2. The van der Waals surface area contributed by atoms with Crippen molar-refractivity contribution in [3.05, 3.63) is 96.8 Å². The lowest BCUT2D eigenvalue weighted by Gasteiger charge is -2.15. The molecule has 0 unspecified atom stereocenters. The lowest BCUT2D eigenvalue weighted by atomic mass is 10.0. The Labute approximate surface area is 255 Å². The standard InChI is InChI=1S/C28H22FN13O4/c29-15-5-1-11(7-17(15)33-21-20(30)22(43)23(21)44)10-32-26(46)19-9-18(35-28-36-27(31)39-42(19)28)25(45)34-16-6-3-12-8-13(2-4-14(12)16)24-37-40-41-38-24/h1-2,4-5,7-9,16,33H,3,6,10,30H2,(H2,31,39)(H,32,46)(H,34,45)(H,37,38,40,41)/t16-/m0/s1. The van der Waals surface area contributed by atoms with Crippen molar-refractivity contribution in [3.8, 4) is 11.4 Å². The number of aryl methyl sites for hydroxylation is 1. The molecule has 18 heteroatoms. The molecule has 6 aromatic rings. The van der Waals surface area contributed by atoms with Crippen LogP contribution in [0.4, 0.5) is 27.4 Å². The van der Waals surface area contributed by atoms with E-state index in [4.69, 9.17) is 11.5 Å². The number of aromatic amines is 1. The Morgan fingerprint density at radius 3 is 2.67 bits per heavy atom. The fourth-order valence-corrected chi connectivity index (χ4v) is 5.30. The number of hydrogen-bond acceptors (Lipinski definition) is 13. The van der Waals surface area contributed by atoms with Crippen LogP contribution in [0.25, 0.3) is 17.2 Å². The summed E-state index contributed by atoms with van der Waals surface area (Å²) in [6.45, 7) is -0.0879. The number of H-pyrrole nitrogens is 1. The molecular weight excluding hydrogens is 601 g/mol. The third-order valence-corrected chi connectivity index (χ3v) is 7.61. The summed E-state index contributed by atoms with van der Waals surface area (Å²) in [5.74, 6) is -1.65. The molecule has 0 aliphatic heterocycles. The van der Waals surface area contributed by atoms with Crippen LogP contribution in [-0.4, -0.2) is 52.0 Å². The van der Waals surface area contributed by atoms with Crippen LogP contribution in [0.1, 0.15) is 50.1 Å². The highest BCUT2D eigenvalue weighted by Gasteiger charge is 2.27. The zero-order chi connectivity index (χ0) is 32.1. The molecule has 46 heavy (non-hydrogen) atoms. The minimum absolute atomic E-state index is 0.0641. The maximum atomic E-state index is 14.4. The van der Waals surface area contributed by atoms with Crippen LogP contribution in [0.3, 0.4) is 0 Å². The largest absolute Gasteiger partial charge is 0.394 e. The Balaban J connectivity index is 1.09. The zero-order valence-corrected chi connectivity index (χ0v) is 23.5. The molecule has 3 aromatic carbocycles. The number of anilines is 4. The van der Waals surface area contributed by atoms with Gasteiger partial charge in [-0.3, -0.25) is 19.2 Å². The average molecular weight is 624 g/mol. The van der Waals surface area contributed by atoms with Gasteiger partial charge >= 0.3 is 0 Å². The van der Waals surface area contributed by atoms with Gasteiger partial charge in [-0.25, -0.2) is 9.37 Å². The summed E-state index contributed by atoms with van der Waals surface area (Å²) >= 11 is 0. The first-order valence-corrected chi connectivity index (χ1v) is 13.8. The van der Waals surface area contributed by atoms with Crippen molar-refractivity contribution < 1.29 is 14.0 Å². The molecule has 7 rings (SSSR count). The molecule has 2 amide bonds. The topological polar surface area (TPSA) is 254 Å². The quantitative estimate of drug-likeness (QED) is 0.125. The van der Waals surface area contributed by atoms with E-state index in [-0.39, 0.29) is 52.8 Å². The van der Waals surface area contributed by atoms with E-state index in [2.05, 4.69) is 51.6 Å². The summed E-state index contributed by atoms with van der Waals surface area (Å²) in [6, 6.07) is 10.6. The fraction of sp³-hybridized carbons (Fsp3) is 0.143. The van der Waals surface area contributed by atoms with Gasteiger partial charge in [-0.2, -0.15) is 14.7 Å². The lowest BCUT2D eigenvalue weighted by molar-refractivity contribution is 0.0931. The Hall–Kier alpha value is -6.59. The van der Waals surface area contributed by atoms with Crippen molar-refractivity contribution in [2.24, 2.45) is 0 Å². The van der Waals surface area contributed by atoms with Gasteiger partial charge in [0.05, 0.1) is 11.7 Å². The molecule has 8 N–H and O–H groups in total. The van der Waals surface area contributed by atoms with Crippen LogP contribution < -0.4 is 38.3 Å². The monoisotopic (exact) mass is 623 g/mol. The number of nitrogens with one attached hydrogen (secondary N) is 4. The van der Waals surface area contributed by atoms with E-state index in [0.29, 0.717) is 24.2 Å². The number of fused-ring (bicyclic) bond motifs is 2. The molecule has 0 fully saturated rings. The molecule has 1 atom stereocenters. The van der Waals surface area contributed by atoms with E-state index >= 15 is 0 Å². The van der Waals surface area contributed by atoms with Crippen LogP contribution in [0.15, 0.2) is 52.1 Å². The van der Waals surface area contributed by atoms with Gasteiger partial charge in [0.2, 0.25) is 11.8 Å². The SMILES string of the molecule is Nc1nc2nc(C(=O)N[C@H]3CCc4cc(-c5nn[nH]n5)ccc43)cc(C(=O)NCc3ccc(F)c(Nc4c(N)c(=O)c4=O)c3)n2n1. The van der Waals surface area contributed by atoms with Gasteiger partial charge in [-0.1, -0.05) is 18.2 Å². The van der Waals surface area contributed by atoms with E-state index in [1.165, 1.54) is 18.2 Å². The highest BCUT2D eigenvalue weighted by molar-refractivity contribution is 5.98. The molecule has 1 aliphatic rings. The van der Waals surface area contributed by atoms with Crippen LogP contribution >= 0.6 is 0 Å². The molecule has 230 valence electrons. The molecule has 3 aromatic heterocycles. The summed E-state index contributed by atoms with van der Waals surface area (Å²) in [4.78, 5) is 58.2. The predicted molar refractivity (Wildman–Crippen MR) is 160 cm³/mol. The van der Waals surface area contributed by atoms with Crippen LogP contribution in [-0.2, 0) is 13.0 Å². The minimum Gasteiger partial charge on any atom is -0.394 e. The van der Waals surface area contributed by atoms with Gasteiger partial charge in [-0.15, -0.1) is 15.3 Å². The number of nitrogens with two attached hydrogens (primary N) is 2. The molecule has 0 saturated heterocycles. The van der Waals surface area contributed by atoms with Crippen molar-refractivity contribution in [1.29, 1.82) is 0 Å². The molecule has 0 saturated carbocycles. The van der Waals surface area contributed by atoms with Gasteiger partial charge in [0.25, 0.3) is 28.4 Å². The van der Waals surface area contributed by atoms with E-state index in [1.54, 1.807) is 0 Å². The second-order valence-corrected chi connectivity index (χ2v) is 10.5. The molecular formula is C28H22FN13O4. The maximum absolute atomic E-state index is 14.4. The van der Waals surface area contributed by atoms with Crippen LogP contribution in [0, 0.1) is 5.82 Å². The van der Waals surface area contributed by atoms with Crippen molar-refractivity contribution in [1.82, 2.24) is 50.8 Å². The zero-order valence-electron chi connectivity index (χ0n) is 23.5. The average Bonchev–Trinajstić information content (AvgIpc) is 3.82. The van der Waals surface area contributed by atoms with Crippen LogP contribution in [0.5, 0.6) is 0 Å². The Bertz CT molecular complexity index is 2260. The third kappa shape index (κ3) is 4.92. The van der Waals surface area contributed by atoms with Gasteiger partial charge in [0, 0.05) is 18.2 Å². The van der Waals surface area contributed by atoms with E-state index in [9.17, 15) is 23.6 Å².